The number of aromatic nitrogens is 1. The minimum absolute atomic E-state index is 0.134. The Morgan fingerprint density at radius 3 is 2.48 bits per heavy atom. The van der Waals surface area contributed by atoms with Crippen LogP contribution >= 0.6 is 0 Å². The second-order valence-corrected chi connectivity index (χ2v) is 7.81. The van der Waals surface area contributed by atoms with E-state index in [0.717, 1.165) is 36.0 Å². The number of nitrogens with one attached hydrogen (secondary N) is 1. The number of nitrogens with zero attached hydrogens (tertiary/aromatic N) is 2. The number of para-hydroxylation sites is 1. The van der Waals surface area contributed by atoms with Crippen LogP contribution in [-0.4, -0.2) is 52.8 Å². The molecule has 5 nitrogen and oxygen atoms in total. The molecule has 0 unspecified atom stereocenters. The SMILES string of the molecule is CC(C)(C)C(=O)N1CCCN(C(=O)Cc2c[nH]c3ccccc23)CC1. The largest absolute Gasteiger partial charge is 0.361 e. The Bertz CT molecular complexity index is 773. The molecule has 1 N–H and O–H groups in total. The fourth-order valence-electron chi connectivity index (χ4n) is 3.40. The maximum Gasteiger partial charge on any atom is 0.228 e. The van der Waals surface area contributed by atoms with E-state index in [-0.39, 0.29) is 17.2 Å². The summed E-state index contributed by atoms with van der Waals surface area (Å²) in [5, 5.41) is 1.11. The van der Waals surface area contributed by atoms with Crippen LogP contribution < -0.4 is 0 Å². The van der Waals surface area contributed by atoms with Crippen molar-refractivity contribution in [2.24, 2.45) is 5.41 Å². The van der Waals surface area contributed by atoms with Crippen LogP contribution in [0.25, 0.3) is 10.9 Å². The number of fused-ring (bicyclic) bond motifs is 1. The first-order valence-electron chi connectivity index (χ1n) is 8.98. The van der Waals surface area contributed by atoms with Crippen molar-refractivity contribution in [3.8, 4) is 0 Å². The molecule has 3 rings (SSSR count). The second kappa shape index (κ2) is 6.90. The van der Waals surface area contributed by atoms with E-state index in [1.807, 2.05) is 61.0 Å². The third-order valence-corrected chi connectivity index (χ3v) is 4.79. The first kappa shape index (κ1) is 17.5. The van der Waals surface area contributed by atoms with E-state index in [4.69, 9.17) is 0 Å². The molecule has 1 saturated heterocycles. The van der Waals surface area contributed by atoms with Crippen LogP contribution in [0.15, 0.2) is 30.5 Å². The molecule has 2 aromatic rings. The molecule has 0 radical (unpaired) electrons. The maximum atomic E-state index is 12.7. The first-order chi connectivity index (χ1) is 11.9. The average molecular weight is 341 g/mol. The van der Waals surface area contributed by atoms with Gasteiger partial charge in [0.2, 0.25) is 11.8 Å². The Balaban J connectivity index is 1.64. The van der Waals surface area contributed by atoms with Gasteiger partial charge in [0.1, 0.15) is 0 Å². The molecule has 134 valence electrons. The number of carbonyl (C=O) groups is 2. The van der Waals surface area contributed by atoms with Gasteiger partial charge in [-0.2, -0.15) is 0 Å². The van der Waals surface area contributed by atoms with Crippen LogP contribution in [0.5, 0.6) is 0 Å². The molecule has 5 heteroatoms. The fourth-order valence-corrected chi connectivity index (χ4v) is 3.40. The van der Waals surface area contributed by atoms with Crippen LogP contribution in [0.3, 0.4) is 0 Å². The van der Waals surface area contributed by atoms with Gasteiger partial charge < -0.3 is 14.8 Å². The quantitative estimate of drug-likeness (QED) is 0.913. The fraction of sp³-hybridized carbons (Fsp3) is 0.500. The van der Waals surface area contributed by atoms with E-state index in [9.17, 15) is 9.59 Å². The predicted octanol–water partition coefficient (Wildman–Crippen LogP) is 2.82. The lowest BCUT2D eigenvalue weighted by atomic mass is 9.94. The van der Waals surface area contributed by atoms with Crippen LogP contribution in [0, 0.1) is 5.41 Å². The van der Waals surface area contributed by atoms with E-state index < -0.39 is 0 Å². The molecule has 0 spiro atoms. The van der Waals surface area contributed by atoms with Crippen molar-refractivity contribution in [1.29, 1.82) is 0 Å². The summed E-state index contributed by atoms with van der Waals surface area (Å²) < 4.78 is 0. The smallest absolute Gasteiger partial charge is 0.228 e. The third-order valence-electron chi connectivity index (χ3n) is 4.79. The van der Waals surface area contributed by atoms with Crippen molar-refractivity contribution in [3.05, 3.63) is 36.0 Å². The number of hydrogen-bond acceptors (Lipinski definition) is 2. The molecule has 1 fully saturated rings. The van der Waals surface area contributed by atoms with Crippen LogP contribution in [0.1, 0.15) is 32.8 Å². The summed E-state index contributed by atoms with van der Waals surface area (Å²) in [6.07, 6.45) is 3.16. The monoisotopic (exact) mass is 341 g/mol. The molecular formula is C20H27N3O2. The molecule has 0 aliphatic carbocycles. The highest BCUT2D eigenvalue weighted by molar-refractivity contribution is 5.89. The lowest BCUT2D eigenvalue weighted by molar-refractivity contribution is -0.139. The average Bonchev–Trinajstić information content (AvgIpc) is 2.81. The van der Waals surface area contributed by atoms with Gasteiger partial charge in [0.05, 0.1) is 6.42 Å². The summed E-state index contributed by atoms with van der Waals surface area (Å²) in [6, 6.07) is 8.04. The van der Waals surface area contributed by atoms with E-state index in [1.165, 1.54) is 0 Å². The minimum Gasteiger partial charge on any atom is -0.361 e. The number of amides is 2. The standard InChI is InChI=1S/C20H27N3O2/c1-20(2,3)19(25)23-10-6-9-22(11-12-23)18(24)13-15-14-21-17-8-5-4-7-16(15)17/h4-5,7-8,14,21H,6,9-13H2,1-3H3. The van der Waals surface area contributed by atoms with Crippen molar-refractivity contribution in [2.75, 3.05) is 26.2 Å². The summed E-state index contributed by atoms with van der Waals surface area (Å²) >= 11 is 0. The van der Waals surface area contributed by atoms with Gasteiger partial charge in [-0.1, -0.05) is 39.0 Å². The molecule has 1 aromatic carbocycles. The van der Waals surface area contributed by atoms with Gasteiger partial charge in [-0.05, 0) is 18.1 Å². The Morgan fingerprint density at radius 2 is 1.72 bits per heavy atom. The molecule has 1 aliphatic rings. The van der Waals surface area contributed by atoms with Crippen molar-refractivity contribution in [1.82, 2.24) is 14.8 Å². The normalized spacial score (nSPS) is 16.1. The zero-order valence-corrected chi connectivity index (χ0v) is 15.3. The number of H-pyrrole nitrogens is 1. The highest BCUT2D eigenvalue weighted by Crippen LogP contribution is 2.21. The highest BCUT2D eigenvalue weighted by Gasteiger charge is 2.29. The van der Waals surface area contributed by atoms with Crippen LogP contribution in [0.4, 0.5) is 0 Å². The number of benzene rings is 1. The van der Waals surface area contributed by atoms with E-state index in [1.54, 1.807) is 0 Å². The summed E-state index contributed by atoms with van der Waals surface area (Å²) in [5.41, 5.74) is 1.72. The molecule has 0 bridgehead atoms. The van der Waals surface area contributed by atoms with Gasteiger partial charge >= 0.3 is 0 Å². The summed E-state index contributed by atoms with van der Waals surface area (Å²) in [6.45, 7) is 8.52. The predicted molar refractivity (Wildman–Crippen MR) is 99.2 cm³/mol. The van der Waals surface area contributed by atoms with Crippen LogP contribution in [-0.2, 0) is 16.0 Å². The summed E-state index contributed by atoms with van der Waals surface area (Å²) in [5.74, 6) is 0.299. The summed E-state index contributed by atoms with van der Waals surface area (Å²) in [4.78, 5) is 32.2. The highest BCUT2D eigenvalue weighted by atomic mass is 16.2. The Hall–Kier alpha value is -2.30. The second-order valence-electron chi connectivity index (χ2n) is 7.81. The lowest BCUT2D eigenvalue weighted by Gasteiger charge is -2.28. The van der Waals surface area contributed by atoms with Crippen molar-refractivity contribution >= 4 is 22.7 Å². The number of aromatic amines is 1. The van der Waals surface area contributed by atoms with Gasteiger partial charge in [0.15, 0.2) is 0 Å². The van der Waals surface area contributed by atoms with Gasteiger partial charge in [-0.25, -0.2) is 0 Å². The topological polar surface area (TPSA) is 56.4 Å². The minimum atomic E-state index is -0.372. The zero-order chi connectivity index (χ0) is 18.0. The number of hydrogen-bond donors (Lipinski definition) is 1. The molecule has 1 aromatic heterocycles. The molecule has 25 heavy (non-hydrogen) atoms. The zero-order valence-electron chi connectivity index (χ0n) is 15.3. The third kappa shape index (κ3) is 3.86. The molecular weight excluding hydrogens is 314 g/mol. The van der Waals surface area contributed by atoms with E-state index in [2.05, 4.69) is 4.98 Å². The molecule has 2 amide bonds. The van der Waals surface area contributed by atoms with Crippen molar-refractivity contribution in [3.63, 3.8) is 0 Å². The first-order valence-corrected chi connectivity index (χ1v) is 8.98. The Kier molecular flexibility index (Phi) is 4.84. The molecule has 2 heterocycles. The Morgan fingerprint density at radius 1 is 1.04 bits per heavy atom. The summed E-state index contributed by atoms with van der Waals surface area (Å²) in [7, 11) is 0. The molecule has 1 aliphatic heterocycles. The molecule has 0 atom stereocenters. The van der Waals surface area contributed by atoms with Gasteiger partial charge in [0, 0.05) is 48.7 Å². The van der Waals surface area contributed by atoms with E-state index >= 15 is 0 Å². The number of rotatable bonds is 2. The Labute approximate surface area is 149 Å². The van der Waals surface area contributed by atoms with E-state index in [0.29, 0.717) is 19.5 Å². The van der Waals surface area contributed by atoms with Crippen LogP contribution in [0.2, 0.25) is 0 Å². The lowest BCUT2D eigenvalue weighted by Crippen LogP contribution is -2.42. The number of carbonyl (C=O) groups excluding carboxylic acids is 2. The maximum absolute atomic E-state index is 12.7. The van der Waals surface area contributed by atoms with Gasteiger partial charge in [-0.3, -0.25) is 9.59 Å². The van der Waals surface area contributed by atoms with Crippen molar-refractivity contribution in [2.45, 2.75) is 33.6 Å². The van der Waals surface area contributed by atoms with Gasteiger partial charge in [0.25, 0.3) is 0 Å². The molecule has 0 saturated carbocycles. The van der Waals surface area contributed by atoms with Gasteiger partial charge in [-0.15, -0.1) is 0 Å². The van der Waals surface area contributed by atoms with Crippen molar-refractivity contribution < 1.29 is 9.59 Å².